The maximum atomic E-state index is 11.6. The Hall–Kier alpha value is -1.70. The van der Waals surface area contributed by atoms with E-state index in [1.165, 1.54) is 0 Å². The van der Waals surface area contributed by atoms with Crippen LogP contribution in [0.5, 0.6) is 0 Å². The molecule has 0 bridgehead atoms. The molecular weight excluding hydrogens is 256 g/mol. The second-order valence-corrected chi connectivity index (χ2v) is 5.02. The van der Waals surface area contributed by atoms with Crippen LogP contribution in [0.25, 0.3) is 0 Å². The summed E-state index contributed by atoms with van der Waals surface area (Å²) in [5, 5.41) is 14.2. The molecule has 2 amide bonds. The molecule has 1 heterocycles. The van der Waals surface area contributed by atoms with E-state index < -0.39 is 18.0 Å². The minimum absolute atomic E-state index is 0.176. The van der Waals surface area contributed by atoms with E-state index in [0.717, 1.165) is 11.5 Å². The Morgan fingerprint density at radius 1 is 1.44 bits per heavy atom. The lowest BCUT2D eigenvalue weighted by Crippen LogP contribution is -2.43. The fourth-order valence-electron chi connectivity index (χ4n) is 1.33. The number of anilines is 1. The highest BCUT2D eigenvalue weighted by Crippen LogP contribution is 2.10. The first-order valence-electron chi connectivity index (χ1n) is 5.49. The van der Waals surface area contributed by atoms with E-state index in [-0.39, 0.29) is 5.92 Å². The molecule has 0 aliphatic rings. The summed E-state index contributed by atoms with van der Waals surface area (Å²) in [4.78, 5) is 26.5. The maximum absolute atomic E-state index is 11.6. The lowest BCUT2D eigenvalue weighted by Gasteiger charge is -2.16. The summed E-state index contributed by atoms with van der Waals surface area (Å²) in [6.45, 7) is 5.49. The Balaban J connectivity index is 2.53. The molecule has 8 heteroatoms. The second-order valence-electron chi connectivity index (χ2n) is 4.27. The first-order chi connectivity index (χ1) is 8.38. The number of carbonyl (C=O) groups excluding carboxylic acids is 1. The van der Waals surface area contributed by atoms with Crippen molar-refractivity contribution in [2.24, 2.45) is 5.92 Å². The van der Waals surface area contributed by atoms with Gasteiger partial charge in [0.15, 0.2) is 0 Å². The van der Waals surface area contributed by atoms with Crippen LogP contribution in [-0.2, 0) is 4.79 Å². The molecule has 1 rings (SSSR count). The third-order valence-corrected chi connectivity index (χ3v) is 2.78. The fourth-order valence-corrected chi connectivity index (χ4v) is 1.90. The Bertz CT molecular complexity index is 433. The van der Waals surface area contributed by atoms with Gasteiger partial charge in [0, 0.05) is 11.5 Å². The fraction of sp³-hybridized carbons (Fsp3) is 0.600. The number of urea groups is 1. The van der Waals surface area contributed by atoms with Crippen LogP contribution in [0.2, 0.25) is 0 Å². The SMILES string of the molecule is Cc1nsc(NC(=O)N[C@H](CC(C)C)C(=O)O)n1. The van der Waals surface area contributed by atoms with Gasteiger partial charge in [0.1, 0.15) is 11.9 Å². The van der Waals surface area contributed by atoms with E-state index in [4.69, 9.17) is 5.11 Å². The Kier molecular flexibility index (Phi) is 5.02. The summed E-state index contributed by atoms with van der Waals surface area (Å²) in [7, 11) is 0. The highest BCUT2D eigenvalue weighted by molar-refractivity contribution is 7.09. The van der Waals surface area contributed by atoms with Gasteiger partial charge in [-0.05, 0) is 19.3 Å². The molecular formula is C10H16N4O3S. The summed E-state index contributed by atoms with van der Waals surface area (Å²) in [6, 6.07) is -1.49. The Morgan fingerprint density at radius 2 is 2.11 bits per heavy atom. The van der Waals surface area contributed by atoms with Crippen molar-refractivity contribution in [2.75, 3.05) is 5.32 Å². The number of nitrogens with one attached hydrogen (secondary N) is 2. The van der Waals surface area contributed by atoms with Crippen molar-refractivity contribution in [1.29, 1.82) is 0 Å². The number of aromatic nitrogens is 2. The Labute approximate surface area is 109 Å². The Morgan fingerprint density at radius 3 is 2.56 bits per heavy atom. The molecule has 0 saturated heterocycles. The predicted octanol–water partition coefficient (Wildman–Crippen LogP) is 1.47. The molecule has 1 atom stereocenters. The van der Waals surface area contributed by atoms with Crippen molar-refractivity contribution in [1.82, 2.24) is 14.7 Å². The van der Waals surface area contributed by atoms with Gasteiger partial charge in [-0.2, -0.15) is 4.37 Å². The number of aliphatic carboxylic acids is 1. The van der Waals surface area contributed by atoms with Gasteiger partial charge in [-0.25, -0.2) is 14.6 Å². The molecule has 7 nitrogen and oxygen atoms in total. The normalized spacial score (nSPS) is 12.2. The van der Waals surface area contributed by atoms with Crippen LogP contribution in [-0.4, -0.2) is 32.5 Å². The van der Waals surface area contributed by atoms with Gasteiger partial charge < -0.3 is 10.4 Å². The number of carboxylic acid groups (broad SMARTS) is 1. The lowest BCUT2D eigenvalue weighted by atomic mass is 10.0. The van der Waals surface area contributed by atoms with Crippen LogP contribution in [0, 0.1) is 12.8 Å². The zero-order chi connectivity index (χ0) is 13.7. The quantitative estimate of drug-likeness (QED) is 0.753. The van der Waals surface area contributed by atoms with Crippen molar-refractivity contribution in [3.05, 3.63) is 5.82 Å². The smallest absolute Gasteiger partial charge is 0.326 e. The van der Waals surface area contributed by atoms with E-state index in [0.29, 0.717) is 17.4 Å². The van der Waals surface area contributed by atoms with E-state index in [1.807, 2.05) is 13.8 Å². The van der Waals surface area contributed by atoms with Crippen molar-refractivity contribution in [3.8, 4) is 0 Å². The zero-order valence-corrected chi connectivity index (χ0v) is 11.2. The number of aryl methyl sites for hydroxylation is 1. The van der Waals surface area contributed by atoms with Crippen molar-refractivity contribution >= 4 is 28.7 Å². The number of hydrogen-bond acceptors (Lipinski definition) is 5. The number of carbonyl (C=O) groups is 2. The topological polar surface area (TPSA) is 104 Å². The molecule has 0 aliphatic heterocycles. The van der Waals surface area contributed by atoms with Gasteiger partial charge >= 0.3 is 12.0 Å². The van der Waals surface area contributed by atoms with Gasteiger partial charge in [0.05, 0.1) is 0 Å². The van der Waals surface area contributed by atoms with E-state index in [1.54, 1.807) is 6.92 Å². The van der Waals surface area contributed by atoms with Crippen LogP contribution < -0.4 is 10.6 Å². The summed E-state index contributed by atoms with van der Waals surface area (Å²) < 4.78 is 3.90. The number of rotatable bonds is 5. The molecule has 0 spiro atoms. The predicted molar refractivity (Wildman–Crippen MR) is 67.7 cm³/mol. The molecule has 0 aliphatic carbocycles. The second kappa shape index (κ2) is 6.29. The van der Waals surface area contributed by atoms with Crippen molar-refractivity contribution < 1.29 is 14.7 Å². The number of hydrogen-bond donors (Lipinski definition) is 3. The van der Waals surface area contributed by atoms with Gasteiger partial charge in [0.2, 0.25) is 5.13 Å². The molecule has 18 heavy (non-hydrogen) atoms. The van der Waals surface area contributed by atoms with Gasteiger partial charge in [-0.1, -0.05) is 13.8 Å². The molecule has 1 aromatic heterocycles. The van der Waals surface area contributed by atoms with Gasteiger partial charge in [-0.15, -0.1) is 0 Å². The number of amides is 2. The molecule has 0 saturated carbocycles. The standard InChI is InChI=1S/C10H16N4O3S/c1-5(2)4-7(8(15)16)12-9(17)13-10-11-6(3)14-18-10/h5,7H,4H2,1-3H3,(H,15,16)(H2,11,12,13,14,17)/t7-/m1/s1. The molecule has 3 N–H and O–H groups in total. The summed E-state index contributed by atoms with van der Waals surface area (Å²) in [5.74, 6) is -0.310. The monoisotopic (exact) mass is 272 g/mol. The molecule has 0 aromatic carbocycles. The number of carboxylic acids is 1. The van der Waals surface area contributed by atoms with Gasteiger partial charge in [0.25, 0.3) is 0 Å². The molecule has 0 unspecified atom stereocenters. The van der Waals surface area contributed by atoms with Crippen LogP contribution in [0.1, 0.15) is 26.1 Å². The maximum Gasteiger partial charge on any atom is 0.326 e. The first-order valence-corrected chi connectivity index (χ1v) is 6.26. The van der Waals surface area contributed by atoms with E-state index in [9.17, 15) is 9.59 Å². The van der Waals surface area contributed by atoms with Crippen molar-refractivity contribution in [2.45, 2.75) is 33.2 Å². The third-order valence-electron chi connectivity index (χ3n) is 2.06. The highest BCUT2D eigenvalue weighted by Gasteiger charge is 2.21. The number of nitrogens with zero attached hydrogens (tertiary/aromatic N) is 2. The molecule has 0 fully saturated rings. The summed E-state index contributed by atoms with van der Waals surface area (Å²) in [5.41, 5.74) is 0. The van der Waals surface area contributed by atoms with Crippen LogP contribution in [0.3, 0.4) is 0 Å². The molecule has 0 radical (unpaired) electrons. The van der Waals surface area contributed by atoms with Crippen LogP contribution >= 0.6 is 11.5 Å². The molecule has 100 valence electrons. The lowest BCUT2D eigenvalue weighted by molar-refractivity contribution is -0.139. The summed E-state index contributed by atoms with van der Waals surface area (Å²) >= 11 is 1.05. The summed E-state index contributed by atoms with van der Waals surface area (Å²) in [6.07, 6.45) is 0.373. The van der Waals surface area contributed by atoms with E-state index >= 15 is 0 Å². The third kappa shape index (κ3) is 4.66. The zero-order valence-electron chi connectivity index (χ0n) is 10.4. The first kappa shape index (κ1) is 14.4. The molecule has 1 aromatic rings. The van der Waals surface area contributed by atoms with E-state index in [2.05, 4.69) is 20.0 Å². The largest absolute Gasteiger partial charge is 0.480 e. The van der Waals surface area contributed by atoms with Crippen LogP contribution in [0.4, 0.5) is 9.93 Å². The minimum atomic E-state index is -1.05. The highest BCUT2D eigenvalue weighted by atomic mass is 32.1. The van der Waals surface area contributed by atoms with Crippen LogP contribution in [0.15, 0.2) is 0 Å². The minimum Gasteiger partial charge on any atom is -0.480 e. The average Bonchev–Trinajstić information content (AvgIpc) is 2.62. The average molecular weight is 272 g/mol. The van der Waals surface area contributed by atoms with Crippen molar-refractivity contribution in [3.63, 3.8) is 0 Å². The van der Waals surface area contributed by atoms with Gasteiger partial charge in [-0.3, -0.25) is 5.32 Å².